The van der Waals surface area contributed by atoms with E-state index in [9.17, 15) is 9.59 Å². The van der Waals surface area contributed by atoms with E-state index < -0.39 is 11.2 Å². The third kappa shape index (κ3) is 3.69. The molecule has 0 saturated carbocycles. The van der Waals surface area contributed by atoms with Crippen LogP contribution in [0.15, 0.2) is 14.1 Å². The summed E-state index contributed by atoms with van der Waals surface area (Å²) in [5.41, 5.74) is -0.410. The van der Waals surface area contributed by atoms with Crippen LogP contribution in [-0.4, -0.2) is 14.4 Å². The van der Waals surface area contributed by atoms with Crippen molar-refractivity contribution in [1.29, 1.82) is 10.5 Å². The highest BCUT2D eigenvalue weighted by molar-refractivity contribution is 9.10. The predicted molar refractivity (Wildman–Crippen MR) is 83.2 cm³/mol. The first-order valence-corrected chi connectivity index (χ1v) is 8.13. The van der Waals surface area contributed by atoms with E-state index in [1.165, 1.54) is 11.6 Å². The van der Waals surface area contributed by atoms with Crippen LogP contribution >= 0.6 is 39.5 Å². The SMILES string of the molecule is CC(Cn1c(CSC#N)c(Br)c(=O)n(C)c1=O)SC#N. The molecule has 0 radical (unpaired) electrons. The van der Waals surface area contributed by atoms with Gasteiger partial charge in [-0.3, -0.25) is 13.9 Å². The zero-order valence-electron chi connectivity index (χ0n) is 10.8. The maximum Gasteiger partial charge on any atom is 0.331 e. The standard InChI is InChI=1S/C11H11BrN4O2S2/c1-7(20-6-14)3-16-8(4-19-5-13)9(12)10(17)15(2)11(16)18/h7H,3-4H2,1-2H3. The molecule has 0 amide bonds. The monoisotopic (exact) mass is 374 g/mol. The Morgan fingerprint density at radius 2 is 2.00 bits per heavy atom. The molecule has 1 atom stereocenters. The van der Waals surface area contributed by atoms with Gasteiger partial charge in [-0.05, 0) is 39.5 Å². The second kappa shape index (κ2) is 7.58. The summed E-state index contributed by atoms with van der Waals surface area (Å²) in [4.78, 5) is 24.1. The number of thiocyanates is 2. The van der Waals surface area contributed by atoms with E-state index in [2.05, 4.69) is 15.9 Å². The van der Waals surface area contributed by atoms with E-state index in [1.54, 1.807) is 0 Å². The van der Waals surface area contributed by atoms with Crippen LogP contribution in [0.3, 0.4) is 0 Å². The summed E-state index contributed by atoms with van der Waals surface area (Å²) < 4.78 is 2.72. The number of halogens is 1. The fraction of sp³-hybridized carbons (Fsp3) is 0.455. The largest absolute Gasteiger partial charge is 0.331 e. The van der Waals surface area contributed by atoms with Crippen molar-refractivity contribution in [3.05, 3.63) is 31.0 Å². The van der Waals surface area contributed by atoms with E-state index >= 15 is 0 Å². The van der Waals surface area contributed by atoms with Crippen LogP contribution in [-0.2, 0) is 19.3 Å². The second-order valence-electron chi connectivity index (χ2n) is 3.92. The van der Waals surface area contributed by atoms with Crippen LogP contribution in [0.5, 0.6) is 0 Å². The molecule has 1 unspecified atom stereocenters. The van der Waals surface area contributed by atoms with E-state index in [-0.39, 0.29) is 15.5 Å². The Labute approximate surface area is 132 Å². The number of nitriles is 2. The topological polar surface area (TPSA) is 91.6 Å². The summed E-state index contributed by atoms with van der Waals surface area (Å²) in [5.74, 6) is 0.229. The first kappa shape index (κ1) is 16.9. The predicted octanol–water partition coefficient (Wildman–Crippen LogP) is 1.63. The van der Waals surface area contributed by atoms with Gasteiger partial charge in [0.1, 0.15) is 15.3 Å². The average Bonchev–Trinajstić information content (AvgIpc) is 2.42. The molecule has 0 spiro atoms. The van der Waals surface area contributed by atoms with Crippen molar-refractivity contribution >= 4 is 39.5 Å². The first-order chi connectivity index (χ1) is 9.43. The summed E-state index contributed by atoms with van der Waals surface area (Å²) in [6.45, 7) is 2.12. The number of nitrogens with zero attached hydrogens (tertiary/aromatic N) is 4. The Hall–Kier alpha value is -1.16. The summed E-state index contributed by atoms with van der Waals surface area (Å²) >= 11 is 5.19. The fourth-order valence-electron chi connectivity index (χ4n) is 1.59. The number of rotatable bonds is 5. The van der Waals surface area contributed by atoms with E-state index in [1.807, 2.05) is 17.7 Å². The molecule has 1 heterocycles. The Balaban J connectivity index is 3.40. The van der Waals surface area contributed by atoms with Crippen LogP contribution in [0.1, 0.15) is 12.6 Å². The van der Waals surface area contributed by atoms with Gasteiger partial charge in [-0.1, -0.05) is 6.92 Å². The molecule has 0 fully saturated rings. The van der Waals surface area contributed by atoms with Gasteiger partial charge in [0.15, 0.2) is 0 Å². The van der Waals surface area contributed by atoms with Gasteiger partial charge in [0, 0.05) is 24.6 Å². The van der Waals surface area contributed by atoms with Crippen molar-refractivity contribution in [1.82, 2.24) is 9.13 Å². The van der Waals surface area contributed by atoms with Crippen molar-refractivity contribution < 1.29 is 0 Å². The Morgan fingerprint density at radius 3 is 2.55 bits per heavy atom. The van der Waals surface area contributed by atoms with Crippen molar-refractivity contribution in [2.45, 2.75) is 24.5 Å². The molecule has 1 rings (SSSR count). The third-order valence-corrected chi connectivity index (χ3v) is 4.56. The average molecular weight is 375 g/mol. The van der Waals surface area contributed by atoms with Crippen molar-refractivity contribution in [2.75, 3.05) is 0 Å². The highest BCUT2D eigenvalue weighted by Crippen LogP contribution is 2.19. The minimum atomic E-state index is -0.447. The third-order valence-electron chi connectivity index (χ3n) is 2.56. The summed E-state index contributed by atoms with van der Waals surface area (Å²) in [7, 11) is 1.40. The molecule has 0 N–H and O–H groups in total. The summed E-state index contributed by atoms with van der Waals surface area (Å²) in [6, 6.07) is 0. The molecule has 20 heavy (non-hydrogen) atoms. The van der Waals surface area contributed by atoms with Crippen LogP contribution in [0, 0.1) is 21.3 Å². The maximum atomic E-state index is 12.2. The van der Waals surface area contributed by atoms with Crippen molar-refractivity contribution in [2.24, 2.45) is 7.05 Å². The van der Waals surface area contributed by atoms with Gasteiger partial charge in [0.25, 0.3) is 5.56 Å². The molecule has 0 aromatic carbocycles. The Kier molecular flexibility index (Phi) is 6.40. The number of aromatic nitrogens is 2. The van der Waals surface area contributed by atoms with Crippen LogP contribution in [0.25, 0.3) is 0 Å². The fourth-order valence-corrected chi connectivity index (χ4v) is 3.30. The molecule has 9 heteroatoms. The lowest BCUT2D eigenvalue weighted by molar-refractivity contribution is 0.575. The summed E-state index contributed by atoms with van der Waals surface area (Å²) in [5, 5.41) is 21.1. The van der Waals surface area contributed by atoms with E-state index in [0.717, 1.165) is 28.1 Å². The zero-order chi connectivity index (χ0) is 15.3. The van der Waals surface area contributed by atoms with Gasteiger partial charge in [-0.25, -0.2) is 4.79 Å². The van der Waals surface area contributed by atoms with Gasteiger partial charge in [0.2, 0.25) is 0 Å². The molecule has 0 saturated heterocycles. The second-order valence-corrected chi connectivity index (χ2v) is 6.69. The minimum absolute atomic E-state index is 0.104. The number of hydrogen-bond acceptors (Lipinski definition) is 6. The molecular formula is C11H11BrN4O2S2. The molecule has 0 aliphatic heterocycles. The molecular weight excluding hydrogens is 364 g/mol. The van der Waals surface area contributed by atoms with E-state index in [4.69, 9.17) is 10.5 Å². The van der Waals surface area contributed by atoms with Crippen molar-refractivity contribution in [3.8, 4) is 10.8 Å². The van der Waals surface area contributed by atoms with Gasteiger partial charge in [-0.15, -0.1) is 0 Å². The molecule has 0 aliphatic carbocycles. The van der Waals surface area contributed by atoms with Crippen LogP contribution < -0.4 is 11.2 Å². The Bertz CT molecular complexity index is 699. The lowest BCUT2D eigenvalue weighted by atomic mass is 10.4. The van der Waals surface area contributed by atoms with Gasteiger partial charge in [-0.2, -0.15) is 10.5 Å². The van der Waals surface area contributed by atoms with Crippen LogP contribution in [0.4, 0.5) is 0 Å². The normalized spacial score (nSPS) is 11.7. The maximum absolute atomic E-state index is 12.2. The highest BCUT2D eigenvalue weighted by atomic mass is 79.9. The van der Waals surface area contributed by atoms with Gasteiger partial charge >= 0.3 is 5.69 Å². The Morgan fingerprint density at radius 1 is 1.35 bits per heavy atom. The minimum Gasteiger partial charge on any atom is -0.294 e. The highest BCUT2D eigenvalue weighted by Gasteiger charge is 2.17. The molecule has 0 aliphatic rings. The number of hydrogen-bond donors (Lipinski definition) is 0. The van der Waals surface area contributed by atoms with E-state index in [0.29, 0.717) is 12.2 Å². The van der Waals surface area contributed by atoms with Gasteiger partial charge in [0.05, 0.1) is 5.69 Å². The summed E-state index contributed by atoms with van der Waals surface area (Å²) in [6.07, 6.45) is 0. The smallest absolute Gasteiger partial charge is 0.294 e. The molecule has 0 bridgehead atoms. The number of thioether (sulfide) groups is 2. The molecule has 106 valence electrons. The van der Waals surface area contributed by atoms with Crippen molar-refractivity contribution in [3.63, 3.8) is 0 Å². The van der Waals surface area contributed by atoms with Gasteiger partial charge < -0.3 is 0 Å². The lowest BCUT2D eigenvalue weighted by Gasteiger charge is -2.16. The molecule has 6 nitrogen and oxygen atoms in total. The quantitative estimate of drug-likeness (QED) is 0.727. The first-order valence-electron chi connectivity index (χ1n) is 5.47. The lowest BCUT2D eigenvalue weighted by Crippen LogP contribution is -2.41. The molecule has 1 aromatic heterocycles. The molecule has 1 aromatic rings. The zero-order valence-corrected chi connectivity index (χ0v) is 14.0. The van der Waals surface area contributed by atoms with Crippen LogP contribution in [0.2, 0.25) is 0 Å².